The first-order chi connectivity index (χ1) is 14.8. The molecule has 2 aromatic heterocycles. The number of hydrogen-bond donors (Lipinski definition) is 0. The van der Waals surface area contributed by atoms with Crippen LogP contribution >= 0.6 is 0 Å². The molecule has 9 heteroatoms. The van der Waals surface area contributed by atoms with Gasteiger partial charge in [-0.2, -0.15) is 4.31 Å². The molecule has 7 nitrogen and oxygen atoms in total. The van der Waals surface area contributed by atoms with Crippen molar-refractivity contribution in [1.82, 2.24) is 13.8 Å². The van der Waals surface area contributed by atoms with Crippen LogP contribution in [0.2, 0.25) is 0 Å². The smallest absolute Gasteiger partial charge is 0.255 e. The number of piperazine rings is 1. The lowest BCUT2D eigenvalue weighted by atomic mass is 10.2. The van der Waals surface area contributed by atoms with Crippen LogP contribution in [0.1, 0.15) is 27.5 Å². The van der Waals surface area contributed by atoms with E-state index in [0.29, 0.717) is 12.1 Å². The first kappa shape index (κ1) is 21.3. The fourth-order valence-corrected chi connectivity index (χ4v) is 5.35. The van der Waals surface area contributed by atoms with Crippen LogP contribution in [-0.4, -0.2) is 54.3 Å². The van der Waals surface area contributed by atoms with Crippen molar-refractivity contribution in [3.63, 3.8) is 0 Å². The number of carbonyl (C=O) groups excluding carboxylic acids is 1. The SMILES string of the molecule is Cc1cc(C(=O)N2CCN(S(=O)(=O)c3cccc(F)c3)CC2)c(C)n1Cc1ccco1. The first-order valence-corrected chi connectivity index (χ1v) is 11.5. The van der Waals surface area contributed by atoms with E-state index in [4.69, 9.17) is 4.42 Å². The van der Waals surface area contributed by atoms with Crippen LogP contribution in [0.5, 0.6) is 0 Å². The van der Waals surface area contributed by atoms with Gasteiger partial charge < -0.3 is 13.9 Å². The first-order valence-electron chi connectivity index (χ1n) is 10.0. The molecular formula is C22H24FN3O4S. The molecule has 1 aliphatic rings. The monoisotopic (exact) mass is 445 g/mol. The van der Waals surface area contributed by atoms with E-state index in [1.54, 1.807) is 11.2 Å². The predicted molar refractivity (Wildman–Crippen MR) is 113 cm³/mol. The summed E-state index contributed by atoms with van der Waals surface area (Å²) in [4.78, 5) is 14.7. The second-order valence-electron chi connectivity index (χ2n) is 7.60. The van der Waals surface area contributed by atoms with Crippen molar-refractivity contribution in [1.29, 1.82) is 0 Å². The quantitative estimate of drug-likeness (QED) is 0.605. The zero-order chi connectivity index (χ0) is 22.2. The van der Waals surface area contributed by atoms with Gasteiger partial charge in [0, 0.05) is 37.6 Å². The van der Waals surface area contributed by atoms with E-state index in [2.05, 4.69) is 0 Å². The predicted octanol–water partition coefficient (Wildman–Crippen LogP) is 3.03. The van der Waals surface area contributed by atoms with Crippen molar-refractivity contribution in [3.8, 4) is 0 Å². The molecule has 164 valence electrons. The topological polar surface area (TPSA) is 75.8 Å². The van der Waals surface area contributed by atoms with Crippen molar-refractivity contribution >= 4 is 15.9 Å². The number of sulfonamides is 1. The van der Waals surface area contributed by atoms with Gasteiger partial charge in [0.25, 0.3) is 5.91 Å². The number of halogens is 1. The van der Waals surface area contributed by atoms with Gasteiger partial charge in [0.2, 0.25) is 10.0 Å². The largest absolute Gasteiger partial charge is 0.467 e. The summed E-state index contributed by atoms with van der Waals surface area (Å²) in [7, 11) is -3.80. The molecule has 1 aromatic carbocycles. The third-order valence-corrected chi connectivity index (χ3v) is 7.55. The van der Waals surface area contributed by atoms with Crippen molar-refractivity contribution in [2.45, 2.75) is 25.3 Å². The number of amides is 1. The normalized spacial score (nSPS) is 15.4. The number of furan rings is 1. The molecule has 0 spiro atoms. The molecule has 0 bridgehead atoms. The molecule has 1 amide bonds. The Bertz CT molecular complexity index is 1190. The maximum absolute atomic E-state index is 13.5. The van der Waals surface area contributed by atoms with E-state index in [1.807, 2.05) is 36.6 Å². The minimum Gasteiger partial charge on any atom is -0.467 e. The fraction of sp³-hybridized carbons (Fsp3) is 0.318. The Morgan fingerprint density at radius 2 is 1.81 bits per heavy atom. The number of aryl methyl sites for hydroxylation is 1. The minimum absolute atomic E-state index is 0.0752. The van der Waals surface area contributed by atoms with E-state index in [9.17, 15) is 17.6 Å². The molecule has 0 N–H and O–H groups in total. The Morgan fingerprint density at radius 3 is 2.45 bits per heavy atom. The summed E-state index contributed by atoms with van der Waals surface area (Å²) in [6, 6.07) is 10.5. The van der Waals surface area contributed by atoms with E-state index in [0.717, 1.165) is 23.2 Å². The maximum atomic E-state index is 13.5. The van der Waals surface area contributed by atoms with E-state index in [-0.39, 0.29) is 37.0 Å². The highest BCUT2D eigenvalue weighted by molar-refractivity contribution is 7.89. The Hall–Kier alpha value is -2.91. The molecule has 0 unspecified atom stereocenters. The molecule has 3 heterocycles. The van der Waals surface area contributed by atoms with Crippen molar-refractivity contribution in [2.24, 2.45) is 0 Å². The lowest BCUT2D eigenvalue weighted by molar-refractivity contribution is 0.0697. The summed E-state index contributed by atoms with van der Waals surface area (Å²) in [6.45, 7) is 5.25. The van der Waals surface area contributed by atoms with Crippen LogP contribution in [0.25, 0.3) is 0 Å². The van der Waals surface area contributed by atoms with Crippen molar-refractivity contribution < 1.29 is 22.0 Å². The highest BCUT2D eigenvalue weighted by Gasteiger charge is 2.31. The highest BCUT2D eigenvalue weighted by atomic mass is 32.2. The van der Waals surface area contributed by atoms with Crippen LogP contribution < -0.4 is 0 Å². The van der Waals surface area contributed by atoms with Gasteiger partial charge >= 0.3 is 0 Å². The summed E-state index contributed by atoms with van der Waals surface area (Å²) in [5, 5.41) is 0. The van der Waals surface area contributed by atoms with Gasteiger partial charge in [0.15, 0.2) is 0 Å². The van der Waals surface area contributed by atoms with E-state index >= 15 is 0 Å². The average molecular weight is 446 g/mol. The summed E-state index contributed by atoms with van der Waals surface area (Å²) in [5.74, 6) is 0.0818. The number of aromatic nitrogens is 1. The third kappa shape index (κ3) is 4.15. The van der Waals surface area contributed by atoms with Crippen LogP contribution in [0, 0.1) is 19.7 Å². The summed E-state index contributed by atoms with van der Waals surface area (Å²) in [5.41, 5.74) is 2.39. The Balaban J connectivity index is 1.46. The van der Waals surface area contributed by atoms with Gasteiger partial charge in [-0.15, -0.1) is 0 Å². The van der Waals surface area contributed by atoms with Gasteiger partial charge in [0.05, 0.1) is 23.3 Å². The lowest BCUT2D eigenvalue weighted by Crippen LogP contribution is -2.50. The van der Waals surface area contributed by atoms with Gasteiger partial charge in [-0.25, -0.2) is 12.8 Å². The van der Waals surface area contributed by atoms with Crippen LogP contribution in [0.3, 0.4) is 0 Å². The standard InChI is InChI=1S/C22H24FN3O4S/c1-16-13-21(17(2)26(16)15-19-6-4-12-30-19)22(27)24-8-10-25(11-9-24)31(28,29)20-7-3-5-18(23)14-20/h3-7,12-14H,8-11,15H2,1-2H3. The molecule has 0 saturated carbocycles. The fourth-order valence-electron chi connectivity index (χ4n) is 3.90. The molecule has 0 radical (unpaired) electrons. The van der Waals surface area contributed by atoms with Crippen molar-refractivity contribution in [3.05, 3.63) is 77.3 Å². The summed E-state index contributed by atoms with van der Waals surface area (Å²) < 4.78 is 47.8. The number of carbonyl (C=O) groups is 1. The Morgan fingerprint density at radius 1 is 1.06 bits per heavy atom. The molecule has 3 aromatic rings. The van der Waals surface area contributed by atoms with Crippen LogP contribution in [-0.2, 0) is 16.6 Å². The summed E-state index contributed by atoms with van der Waals surface area (Å²) >= 11 is 0. The number of nitrogens with zero attached hydrogens (tertiary/aromatic N) is 3. The molecule has 1 fully saturated rings. The number of rotatable bonds is 5. The highest BCUT2D eigenvalue weighted by Crippen LogP contribution is 2.22. The Labute approximate surface area is 180 Å². The molecule has 0 aliphatic carbocycles. The van der Waals surface area contributed by atoms with Crippen LogP contribution in [0.4, 0.5) is 4.39 Å². The molecule has 1 aliphatic heterocycles. The van der Waals surface area contributed by atoms with E-state index < -0.39 is 15.8 Å². The zero-order valence-corrected chi connectivity index (χ0v) is 18.2. The molecule has 1 saturated heterocycles. The van der Waals surface area contributed by atoms with Crippen LogP contribution in [0.15, 0.2) is 58.0 Å². The molecule has 4 rings (SSSR count). The van der Waals surface area contributed by atoms with Gasteiger partial charge in [0.1, 0.15) is 11.6 Å². The second-order valence-corrected chi connectivity index (χ2v) is 9.54. The third-order valence-electron chi connectivity index (χ3n) is 5.66. The van der Waals surface area contributed by atoms with E-state index in [1.165, 1.54) is 22.5 Å². The van der Waals surface area contributed by atoms with Crippen molar-refractivity contribution in [2.75, 3.05) is 26.2 Å². The number of hydrogen-bond acceptors (Lipinski definition) is 4. The molecule has 0 atom stereocenters. The minimum atomic E-state index is -3.80. The molecular weight excluding hydrogens is 421 g/mol. The second kappa shape index (κ2) is 8.32. The van der Waals surface area contributed by atoms with Gasteiger partial charge in [-0.3, -0.25) is 4.79 Å². The van der Waals surface area contributed by atoms with Gasteiger partial charge in [-0.05, 0) is 50.2 Å². The zero-order valence-electron chi connectivity index (χ0n) is 17.4. The lowest BCUT2D eigenvalue weighted by Gasteiger charge is -2.34. The average Bonchev–Trinajstić information content (AvgIpc) is 3.37. The Kier molecular flexibility index (Phi) is 5.72. The molecule has 31 heavy (non-hydrogen) atoms. The number of benzene rings is 1. The van der Waals surface area contributed by atoms with Gasteiger partial charge in [-0.1, -0.05) is 6.07 Å². The maximum Gasteiger partial charge on any atom is 0.255 e. The summed E-state index contributed by atoms with van der Waals surface area (Å²) in [6.07, 6.45) is 1.62.